The summed E-state index contributed by atoms with van der Waals surface area (Å²) in [6.07, 6.45) is 0. The van der Waals surface area contributed by atoms with Gasteiger partial charge in [-0.3, -0.25) is 9.00 Å². The molecule has 1 aromatic heterocycles. The Bertz CT molecular complexity index is 1200. The van der Waals surface area contributed by atoms with Crippen LogP contribution in [0.4, 0.5) is 10.1 Å². The Morgan fingerprint density at radius 1 is 1.30 bits per heavy atom. The number of hydrogen-bond acceptors (Lipinski definition) is 6. The van der Waals surface area contributed by atoms with Gasteiger partial charge in [-0.05, 0) is 37.6 Å². The second-order valence-electron chi connectivity index (χ2n) is 6.81. The number of aryl methyl sites for hydroxylation is 1. The highest BCUT2D eigenvalue weighted by Gasteiger charge is 2.21. The zero-order valence-electron chi connectivity index (χ0n) is 17.1. The molecule has 0 bridgehead atoms. The van der Waals surface area contributed by atoms with Gasteiger partial charge in [0.15, 0.2) is 10.5 Å². The second kappa shape index (κ2) is 8.79. The lowest BCUT2D eigenvalue weighted by Gasteiger charge is -2.20. The van der Waals surface area contributed by atoms with Crippen LogP contribution < -0.4 is 10.7 Å². The fourth-order valence-corrected chi connectivity index (χ4v) is 3.95. The molecule has 2 atom stereocenters. The summed E-state index contributed by atoms with van der Waals surface area (Å²) in [5, 5.41) is 3.57. The van der Waals surface area contributed by atoms with Crippen LogP contribution in [0.5, 0.6) is 0 Å². The quantitative estimate of drug-likeness (QED) is 0.585. The van der Waals surface area contributed by atoms with Crippen LogP contribution in [0.2, 0.25) is 0 Å². The molecule has 0 saturated heterocycles. The molecule has 8 heteroatoms. The van der Waals surface area contributed by atoms with Crippen molar-refractivity contribution in [2.75, 3.05) is 18.2 Å². The van der Waals surface area contributed by atoms with Gasteiger partial charge in [-0.2, -0.15) is 0 Å². The van der Waals surface area contributed by atoms with Gasteiger partial charge >= 0.3 is 5.97 Å². The van der Waals surface area contributed by atoms with E-state index in [1.807, 2.05) is 13.0 Å². The van der Waals surface area contributed by atoms with E-state index in [1.165, 1.54) is 25.3 Å². The van der Waals surface area contributed by atoms with Gasteiger partial charge in [0.05, 0.1) is 35.0 Å². The lowest BCUT2D eigenvalue weighted by molar-refractivity contribution is 0.0596. The monoisotopic (exact) mass is 431 g/mol. The summed E-state index contributed by atoms with van der Waals surface area (Å²) < 4.78 is 37.0. The van der Waals surface area contributed by atoms with Gasteiger partial charge in [0.1, 0.15) is 17.0 Å². The first-order valence-corrected chi connectivity index (χ1v) is 10.7. The zero-order valence-corrected chi connectivity index (χ0v) is 17.9. The van der Waals surface area contributed by atoms with Crippen LogP contribution in [0.3, 0.4) is 0 Å². The Morgan fingerprint density at radius 3 is 2.70 bits per heavy atom. The maximum absolute atomic E-state index is 14.3. The van der Waals surface area contributed by atoms with Crippen LogP contribution in [0.25, 0.3) is 11.0 Å². The van der Waals surface area contributed by atoms with E-state index in [0.29, 0.717) is 22.3 Å². The van der Waals surface area contributed by atoms with Crippen molar-refractivity contribution >= 4 is 33.4 Å². The van der Waals surface area contributed by atoms with Crippen LogP contribution in [0.1, 0.15) is 41.4 Å². The number of anilines is 1. The highest BCUT2D eigenvalue weighted by molar-refractivity contribution is 7.84. The number of carbonyl (C=O) groups excluding carboxylic acids is 1. The summed E-state index contributed by atoms with van der Waals surface area (Å²) in [5.74, 6) is -1.20. The minimum Gasteiger partial charge on any atom is -0.465 e. The van der Waals surface area contributed by atoms with Crippen LogP contribution >= 0.6 is 0 Å². The summed E-state index contributed by atoms with van der Waals surface area (Å²) in [6, 6.07) is 8.55. The van der Waals surface area contributed by atoms with Gasteiger partial charge in [0.2, 0.25) is 0 Å². The molecule has 6 nitrogen and oxygen atoms in total. The molecular formula is C22H22FNO5S. The van der Waals surface area contributed by atoms with Gasteiger partial charge in [0.25, 0.3) is 0 Å². The normalized spacial score (nSPS) is 13.1. The Labute approximate surface area is 175 Å². The van der Waals surface area contributed by atoms with Crippen molar-refractivity contribution in [3.63, 3.8) is 0 Å². The van der Waals surface area contributed by atoms with Gasteiger partial charge in [-0.25, -0.2) is 9.18 Å². The van der Waals surface area contributed by atoms with Crippen LogP contribution in [-0.4, -0.2) is 23.0 Å². The molecule has 0 aliphatic carbocycles. The minimum absolute atomic E-state index is 0.105. The third kappa shape index (κ3) is 4.14. The molecule has 0 spiro atoms. The number of carbonyl (C=O) groups is 1. The van der Waals surface area contributed by atoms with Crippen molar-refractivity contribution < 1.29 is 22.5 Å². The van der Waals surface area contributed by atoms with E-state index >= 15 is 0 Å². The summed E-state index contributed by atoms with van der Waals surface area (Å²) in [7, 11) is -0.253. The fourth-order valence-electron chi connectivity index (χ4n) is 3.25. The molecule has 1 N–H and O–H groups in total. The van der Waals surface area contributed by atoms with Crippen molar-refractivity contribution in [2.24, 2.45) is 0 Å². The van der Waals surface area contributed by atoms with Crippen LogP contribution in [0.15, 0.2) is 50.7 Å². The Morgan fingerprint density at radius 2 is 2.03 bits per heavy atom. The summed E-state index contributed by atoms with van der Waals surface area (Å²) in [6.45, 7) is 5.37. The van der Waals surface area contributed by atoms with Gasteiger partial charge in [-0.15, -0.1) is 0 Å². The van der Waals surface area contributed by atoms with E-state index < -0.39 is 28.6 Å². The van der Waals surface area contributed by atoms with E-state index in [2.05, 4.69) is 5.32 Å². The molecule has 1 heterocycles. The number of fused-ring (bicyclic) bond motifs is 1. The molecule has 0 aliphatic heterocycles. The molecule has 3 aromatic rings. The molecule has 0 fully saturated rings. The summed E-state index contributed by atoms with van der Waals surface area (Å²) in [4.78, 5) is 24.6. The number of nitrogens with one attached hydrogen (secondary N) is 1. The number of halogens is 1. The number of benzene rings is 2. The smallest absolute Gasteiger partial charge is 0.342 e. The Balaban J connectivity index is 2.14. The van der Waals surface area contributed by atoms with Crippen molar-refractivity contribution in [3.05, 3.63) is 69.1 Å². The maximum Gasteiger partial charge on any atom is 0.342 e. The van der Waals surface area contributed by atoms with Crippen molar-refractivity contribution in [2.45, 2.75) is 31.9 Å². The predicted octanol–water partition coefficient (Wildman–Crippen LogP) is 4.33. The molecule has 2 aromatic carbocycles. The molecule has 0 radical (unpaired) electrons. The topological polar surface area (TPSA) is 85.6 Å². The molecular weight excluding hydrogens is 409 g/mol. The lowest BCUT2D eigenvalue weighted by atomic mass is 10.0. The first kappa shape index (κ1) is 21.7. The molecule has 158 valence electrons. The highest BCUT2D eigenvalue weighted by atomic mass is 32.2. The van der Waals surface area contributed by atoms with Crippen LogP contribution in [-0.2, 0) is 15.5 Å². The molecule has 0 saturated carbocycles. The third-order valence-corrected chi connectivity index (χ3v) is 5.88. The van der Waals surface area contributed by atoms with Crippen molar-refractivity contribution in [3.8, 4) is 0 Å². The highest BCUT2D eigenvalue weighted by Crippen LogP contribution is 2.30. The number of esters is 1. The third-order valence-electron chi connectivity index (χ3n) is 4.71. The number of hydrogen-bond donors (Lipinski definition) is 1. The van der Waals surface area contributed by atoms with E-state index in [-0.39, 0.29) is 21.8 Å². The van der Waals surface area contributed by atoms with E-state index in [9.17, 15) is 18.2 Å². The lowest BCUT2D eigenvalue weighted by Crippen LogP contribution is -2.15. The average Bonchev–Trinajstić information content (AvgIpc) is 2.72. The fraction of sp³-hybridized carbons (Fsp3) is 0.273. The molecule has 3 rings (SSSR count). The summed E-state index contributed by atoms with van der Waals surface area (Å²) >= 11 is 0. The van der Waals surface area contributed by atoms with E-state index in [4.69, 9.17) is 9.15 Å². The van der Waals surface area contributed by atoms with E-state index in [0.717, 1.165) is 5.56 Å². The predicted molar refractivity (Wildman–Crippen MR) is 114 cm³/mol. The van der Waals surface area contributed by atoms with E-state index in [1.54, 1.807) is 26.0 Å². The Kier molecular flexibility index (Phi) is 6.36. The first-order chi connectivity index (χ1) is 14.3. The zero-order chi connectivity index (χ0) is 22.0. The summed E-state index contributed by atoms with van der Waals surface area (Å²) in [5.41, 5.74) is 1.51. The average molecular weight is 431 g/mol. The standard InChI is InChI=1S/C22H22FNO5S/c1-5-30(27)19-11-18(25)15-10-12(2)9-14(21(15)29-19)13(3)24-17-8-6-7-16(23)20(17)22(26)28-4/h6-11,13,24H,5H2,1-4H3/t13-,30?/m1/s1. The van der Waals surface area contributed by atoms with Gasteiger partial charge < -0.3 is 14.5 Å². The number of methoxy groups -OCH3 is 1. The number of ether oxygens (including phenoxy) is 1. The maximum atomic E-state index is 14.3. The molecule has 1 unspecified atom stereocenters. The van der Waals surface area contributed by atoms with Crippen molar-refractivity contribution in [1.29, 1.82) is 0 Å². The largest absolute Gasteiger partial charge is 0.465 e. The first-order valence-electron chi connectivity index (χ1n) is 9.37. The van der Waals surface area contributed by atoms with Crippen LogP contribution in [0, 0.1) is 12.7 Å². The van der Waals surface area contributed by atoms with Crippen molar-refractivity contribution in [1.82, 2.24) is 0 Å². The van der Waals surface area contributed by atoms with Gasteiger partial charge in [-0.1, -0.05) is 19.1 Å². The SMILES string of the molecule is CCS(=O)c1cc(=O)c2cc(C)cc([C@@H](C)Nc3cccc(F)c3C(=O)OC)c2o1. The molecule has 0 amide bonds. The van der Waals surface area contributed by atoms with Gasteiger partial charge in [0, 0.05) is 17.4 Å². The molecule has 30 heavy (non-hydrogen) atoms. The number of rotatable bonds is 6. The Hall–Kier alpha value is -3.00. The molecule has 0 aliphatic rings. The second-order valence-corrected chi connectivity index (χ2v) is 8.49. The minimum atomic E-state index is -1.43.